The fourth-order valence-electron chi connectivity index (χ4n) is 1.96. The van der Waals surface area contributed by atoms with E-state index >= 15 is 0 Å². The second-order valence-corrected chi connectivity index (χ2v) is 5.78. The highest BCUT2D eigenvalue weighted by Gasteiger charge is 2.40. The van der Waals surface area contributed by atoms with Crippen LogP contribution in [0, 0.1) is 5.41 Å². The molecular weight excluding hydrogens is 220 g/mol. The number of carbonyl (C=O) groups excluding carboxylic acids is 1. The smallest absolute Gasteiger partial charge is 0.226 e. The zero-order valence-corrected chi connectivity index (χ0v) is 11.2. The van der Waals surface area contributed by atoms with E-state index in [-0.39, 0.29) is 11.3 Å². The van der Waals surface area contributed by atoms with E-state index in [1.807, 2.05) is 20.8 Å². The van der Waals surface area contributed by atoms with Crippen molar-refractivity contribution in [3.8, 4) is 0 Å². The van der Waals surface area contributed by atoms with Gasteiger partial charge in [-0.15, -0.1) is 0 Å². The number of carbonyl (C=O) groups is 1. The van der Waals surface area contributed by atoms with Crippen LogP contribution in [-0.4, -0.2) is 16.4 Å². The van der Waals surface area contributed by atoms with Gasteiger partial charge in [0.05, 0.1) is 10.5 Å². The summed E-state index contributed by atoms with van der Waals surface area (Å²) >= 11 is 5.11. The normalized spacial score (nSPS) is 19.4. The van der Waals surface area contributed by atoms with E-state index in [4.69, 9.17) is 18.0 Å². The van der Waals surface area contributed by atoms with Gasteiger partial charge in [-0.25, -0.2) is 0 Å². The fraction of sp³-hybridized carbons (Fsp3) is 0.833. The summed E-state index contributed by atoms with van der Waals surface area (Å²) in [5, 5.41) is 3.08. The standard InChI is InChI=1S/C12H22N2OS/c1-4-11(2,3)10(15)14-12(9(13)16)7-5-6-8-12/h4-8H2,1-3H3,(H2,13,16)(H,14,15). The Kier molecular flexibility index (Phi) is 3.94. The molecule has 0 saturated heterocycles. The number of rotatable bonds is 4. The molecule has 1 aliphatic carbocycles. The molecule has 0 unspecified atom stereocenters. The summed E-state index contributed by atoms with van der Waals surface area (Å²) in [5.74, 6) is 0.0599. The average molecular weight is 242 g/mol. The molecule has 0 heterocycles. The summed E-state index contributed by atoms with van der Waals surface area (Å²) in [4.78, 5) is 12.6. The third-order valence-electron chi connectivity index (χ3n) is 3.78. The van der Waals surface area contributed by atoms with E-state index in [0.717, 1.165) is 32.1 Å². The molecule has 1 fully saturated rings. The minimum absolute atomic E-state index is 0.0599. The fourth-order valence-corrected chi connectivity index (χ4v) is 2.21. The van der Waals surface area contributed by atoms with Crippen LogP contribution in [0.5, 0.6) is 0 Å². The van der Waals surface area contributed by atoms with Crippen LogP contribution in [0.2, 0.25) is 0 Å². The van der Waals surface area contributed by atoms with Crippen molar-refractivity contribution in [3.05, 3.63) is 0 Å². The van der Waals surface area contributed by atoms with E-state index in [1.165, 1.54) is 0 Å². The SMILES string of the molecule is CCC(C)(C)C(=O)NC1(C(N)=S)CCCC1. The molecular formula is C12H22N2OS. The summed E-state index contributed by atoms with van der Waals surface area (Å²) in [6.45, 7) is 5.91. The highest BCUT2D eigenvalue weighted by molar-refractivity contribution is 7.80. The molecule has 92 valence electrons. The van der Waals surface area contributed by atoms with Crippen molar-refractivity contribution in [2.24, 2.45) is 11.1 Å². The van der Waals surface area contributed by atoms with E-state index in [2.05, 4.69) is 5.32 Å². The first kappa shape index (κ1) is 13.4. The summed E-state index contributed by atoms with van der Waals surface area (Å²) in [5.41, 5.74) is 5.02. The molecule has 0 aliphatic heterocycles. The van der Waals surface area contributed by atoms with Crippen LogP contribution in [0.1, 0.15) is 52.9 Å². The maximum absolute atomic E-state index is 12.1. The third-order valence-corrected chi connectivity index (χ3v) is 4.17. The van der Waals surface area contributed by atoms with Crippen LogP contribution >= 0.6 is 12.2 Å². The molecule has 16 heavy (non-hydrogen) atoms. The molecule has 3 N–H and O–H groups in total. The molecule has 0 spiro atoms. The molecule has 0 bridgehead atoms. The number of thiocarbonyl (C=S) groups is 1. The second kappa shape index (κ2) is 4.70. The second-order valence-electron chi connectivity index (χ2n) is 5.35. The molecule has 1 rings (SSSR count). The van der Waals surface area contributed by atoms with Crippen molar-refractivity contribution < 1.29 is 4.79 Å². The van der Waals surface area contributed by atoms with Gasteiger partial charge in [-0.05, 0) is 19.3 Å². The largest absolute Gasteiger partial charge is 0.391 e. The third kappa shape index (κ3) is 2.54. The van der Waals surface area contributed by atoms with Crippen LogP contribution in [-0.2, 0) is 4.79 Å². The Bertz CT molecular complexity index is 293. The Morgan fingerprint density at radius 2 is 1.94 bits per heavy atom. The Labute approximate surface area is 103 Å². The predicted molar refractivity (Wildman–Crippen MR) is 70.2 cm³/mol. The van der Waals surface area contributed by atoms with Crippen molar-refractivity contribution in [2.45, 2.75) is 58.4 Å². The Morgan fingerprint density at radius 3 is 2.31 bits per heavy atom. The monoisotopic (exact) mass is 242 g/mol. The molecule has 1 amide bonds. The minimum Gasteiger partial charge on any atom is -0.391 e. The molecule has 0 radical (unpaired) electrons. The Balaban J connectivity index is 2.78. The minimum atomic E-state index is -0.418. The van der Waals surface area contributed by atoms with Gasteiger partial charge in [0.25, 0.3) is 0 Å². The molecule has 1 aliphatic rings. The van der Waals surface area contributed by atoms with Gasteiger partial charge in [0.15, 0.2) is 0 Å². The van der Waals surface area contributed by atoms with Crippen LogP contribution < -0.4 is 11.1 Å². The highest BCUT2D eigenvalue weighted by atomic mass is 32.1. The zero-order valence-electron chi connectivity index (χ0n) is 10.4. The molecule has 0 aromatic rings. The Morgan fingerprint density at radius 1 is 1.44 bits per heavy atom. The molecule has 0 aromatic carbocycles. The number of nitrogens with two attached hydrogens (primary N) is 1. The van der Waals surface area contributed by atoms with Gasteiger partial charge in [0.1, 0.15) is 0 Å². The van der Waals surface area contributed by atoms with Crippen LogP contribution in [0.4, 0.5) is 0 Å². The number of nitrogens with one attached hydrogen (secondary N) is 1. The number of amides is 1. The summed E-state index contributed by atoms with van der Waals surface area (Å²) in [6, 6.07) is 0. The van der Waals surface area contributed by atoms with Gasteiger partial charge in [-0.3, -0.25) is 4.79 Å². The molecule has 4 heteroatoms. The van der Waals surface area contributed by atoms with Gasteiger partial charge in [0.2, 0.25) is 5.91 Å². The van der Waals surface area contributed by atoms with E-state index in [1.54, 1.807) is 0 Å². The zero-order chi connectivity index (χ0) is 12.4. The lowest BCUT2D eigenvalue weighted by molar-refractivity contribution is -0.130. The van der Waals surface area contributed by atoms with Gasteiger partial charge in [-0.1, -0.05) is 45.8 Å². The maximum Gasteiger partial charge on any atom is 0.226 e. The molecule has 0 atom stereocenters. The topological polar surface area (TPSA) is 55.1 Å². The van der Waals surface area contributed by atoms with Gasteiger partial charge in [0, 0.05) is 5.41 Å². The first-order chi connectivity index (χ1) is 7.34. The lowest BCUT2D eigenvalue weighted by Crippen LogP contribution is -2.57. The van der Waals surface area contributed by atoms with Gasteiger partial charge < -0.3 is 11.1 Å². The molecule has 3 nitrogen and oxygen atoms in total. The number of hydrogen-bond donors (Lipinski definition) is 2. The first-order valence-electron chi connectivity index (χ1n) is 5.96. The van der Waals surface area contributed by atoms with Crippen molar-refractivity contribution in [1.82, 2.24) is 5.32 Å². The van der Waals surface area contributed by atoms with Crippen LogP contribution in [0.15, 0.2) is 0 Å². The molecule has 1 saturated carbocycles. The summed E-state index contributed by atoms with van der Waals surface area (Å²) < 4.78 is 0. The first-order valence-corrected chi connectivity index (χ1v) is 6.37. The highest BCUT2D eigenvalue weighted by Crippen LogP contribution is 2.32. The van der Waals surface area contributed by atoms with Crippen molar-refractivity contribution in [3.63, 3.8) is 0 Å². The van der Waals surface area contributed by atoms with Gasteiger partial charge in [-0.2, -0.15) is 0 Å². The van der Waals surface area contributed by atoms with E-state index in [9.17, 15) is 4.79 Å². The molecule has 0 aromatic heterocycles. The lowest BCUT2D eigenvalue weighted by atomic mass is 9.87. The summed E-state index contributed by atoms with van der Waals surface area (Å²) in [7, 11) is 0. The van der Waals surface area contributed by atoms with Crippen molar-refractivity contribution in [1.29, 1.82) is 0 Å². The van der Waals surface area contributed by atoms with Crippen LogP contribution in [0.25, 0.3) is 0 Å². The van der Waals surface area contributed by atoms with Crippen molar-refractivity contribution >= 4 is 23.1 Å². The maximum atomic E-state index is 12.1. The Hall–Kier alpha value is -0.640. The number of hydrogen-bond acceptors (Lipinski definition) is 2. The van der Waals surface area contributed by atoms with Crippen LogP contribution in [0.3, 0.4) is 0 Å². The lowest BCUT2D eigenvalue weighted by Gasteiger charge is -2.33. The quantitative estimate of drug-likeness (QED) is 0.743. The van der Waals surface area contributed by atoms with Crippen molar-refractivity contribution in [2.75, 3.05) is 0 Å². The van der Waals surface area contributed by atoms with E-state index < -0.39 is 5.54 Å². The predicted octanol–water partition coefficient (Wildman–Crippen LogP) is 2.14. The van der Waals surface area contributed by atoms with E-state index in [0.29, 0.717) is 4.99 Å². The summed E-state index contributed by atoms with van der Waals surface area (Å²) in [6.07, 6.45) is 4.75. The van der Waals surface area contributed by atoms with Gasteiger partial charge >= 0.3 is 0 Å². The average Bonchev–Trinajstić information content (AvgIpc) is 2.67.